The minimum Gasteiger partial charge on any atom is -0.493 e. The Morgan fingerprint density at radius 1 is 1.35 bits per heavy atom. The van der Waals surface area contributed by atoms with Crippen LogP contribution < -0.4 is 15.6 Å². The van der Waals surface area contributed by atoms with Gasteiger partial charge in [0, 0.05) is 31.0 Å². The minimum absolute atomic E-state index is 0.0387. The van der Waals surface area contributed by atoms with Gasteiger partial charge in [-0.1, -0.05) is 19.1 Å². The summed E-state index contributed by atoms with van der Waals surface area (Å²) in [6.45, 7) is 4.43. The van der Waals surface area contributed by atoms with E-state index in [2.05, 4.69) is 5.32 Å². The molecule has 1 heterocycles. The Balaban J connectivity index is 1.97. The molecule has 0 aliphatic carbocycles. The first-order chi connectivity index (χ1) is 11.0. The Labute approximate surface area is 136 Å². The van der Waals surface area contributed by atoms with Crippen molar-refractivity contribution >= 4 is 16.8 Å². The number of carbonyl (C=O) groups is 1. The number of nitrogens with one attached hydrogen (secondary N) is 1. The van der Waals surface area contributed by atoms with Crippen LogP contribution in [0.2, 0.25) is 0 Å². The van der Waals surface area contributed by atoms with Gasteiger partial charge < -0.3 is 14.6 Å². The van der Waals surface area contributed by atoms with Gasteiger partial charge in [-0.3, -0.25) is 9.59 Å². The lowest BCUT2D eigenvalue weighted by Gasteiger charge is -2.13. The summed E-state index contributed by atoms with van der Waals surface area (Å²) in [6.07, 6.45) is 1.96. The first kappa shape index (κ1) is 17.1. The lowest BCUT2D eigenvalue weighted by atomic mass is 10.2. The number of aryl methyl sites for hydroxylation is 1. The second-order valence-electron chi connectivity index (χ2n) is 5.75. The Hall–Kier alpha value is -2.30. The first-order valence-corrected chi connectivity index (χ1v) is 8.04. The fourth-order valence-electron chi connectivity index (χ4n) is 2.36. The van der Waals surface area contributed by atoms with Gasteiger partial charge in [0.2, 0.25) is 5.91 Å². The molecule has 1 amide bonds. The van der Waals surface area contributed by atoms with Gasteiger partial charge in [-0.05, 0) is 31.9 Å². The summed E-state index contributed by atoms with van der Waals surface area (Å²) in [4.78, 5) is 23.7. The van der Waals surface area contributed by atoms with Gasteiger partial charge in [0.15, 0.2) is 0 Å². The summed E-state index contributed by atoms with van der Waals surface area (Å²) < 4.78 is 7.34. The van der Waals surface area contributed by atoms with E-state index in [-0.39, 0.29) is 17.5 Å². The number of carbonyl (C=O) groups excluding carboxylic acids is 1. The third-order valence-electron chi connectivity index (χ3n) is 3.94. The maximum Gasteiger partial charge on any atom is 0.254 e. The van der Waals surface area contributed by atoms with Gasteiger partial charge in [-0.2, -0.15) is 0 Å². The maximum absolute atomic E-state index is 12.0. The van der Waals surface area contributed by atoms with Crippen molar-refractivity contribution in [3.8, 4) is 5.75 Å². The molecule has 5 nitrogen and oxygen atoms in total. The predicted octanol–water partition coefficient (Wildman–Crippen LogP) is 2.61. The summed E-state index contributed by atoms with van der Waals surface area (Å²) in [5.74, 6) is 0.614. The highest BCUT2D eigenvalue weighted by atomic mass is 16.5. The van der Waals surface area contributed by atoms with Crippen molar-refractivity contribution in [2.24, 2.45) is 7.05 Å². The number of ether oxygens (including phenoxy) is 1. The Kier molecular flexibility index (Phi) is 5.79. The van der Waals surface area contributed by atoms with Crippen LogP contribution in [-0.4, -0.2) is 23.1 Å². The van der Waals surface area contributed by atoms with E-state index in [1.165, 1.54) is 6.07 Å². The SMILES string of the molecule is CC[C@H](C)NC(=O)CCCOc1cc(=O)n(C)c2ccccc12. The third kappa shape index (κ3) is 4.34. The van der Waals surface area contributed by atoms with Crippen molar-refractivity contribution in [3.63, 3.8) is 0 Å². The van der Waals surface area contributed by atoms with E-state index in [1.807, 2.05) is 38.1 Å². The standard InChI is InChI=1S/C18H24N2O3/c1-4-13(2)19-17(21)10-7-11-23-16-12-18(22)20(3)15-9-6-5-8-14(15)16/h5-6,8-9,12-13H,4,7,10-11H2,1-3H3,(H,19,21)/t13-/m0/s1. The zero-order valence-electron chi connectivity index (χ0n) is 14.0. The molecule has 1 atom stereocenters. The molecule has 5 heteroatoms. The molecule has 0 bridgehead atoms. The number of amides is 1. The Morgan fingerprint density at radius 2 is 2.09 bits per heavy atom. The fraction of sp³-hybridized carbons (Fsp3) is 0.444. The number of rotatable bonds is 7. The molecule has 0 unspecified atom stereocenters. The molecule has 0 saturated heterocycles. The van der Waals surface area contributed by atoms with Crippen molar-refractivity contribution in [2.45, 2.75) is 39.2 Å². The molecule has 0 aliphatic rings. The molecular weight excluding hydrogens is 292 g/mol. The number of aromatic nitrogens is 1. The normalized spacial score (nSPS) is 12.1. The van der Waals surface area contributed by atoms with E-state index in [0.29, 0.717) is 25.2 Å². The summed E-state index contributed by atoms with van der Waals surface area (Å²) in [7, 11) is 1.74. The van der Waals surface area contributed by atoms with E-state index in [1.54, 1.807) is 11.6 Å². The first-order valence-electron chi connectivity index (χ1n) is 8.04. The van der Waals surface area contributed by atoms with E-state index >= 15 is 0 Å². The fourth-order valence-corrected chi connectivity index (χ4v) is 2.36. The van der Waals surface area contributed by atoms with Gasteiger partial charge in [0.05, 0.1) is 12.1 Å². The second kappa shape index (κ2) is 7.81. The Morgan fingerprint density at radius 3 is 2.83 bits per heavy atom. The highest BCUT2D eigenvalue weighted by Gasteiger charge is 2.08. The molecule has 2 rings (SSSR count). The van der Waals surface area contributed by atoms with Crippen LogP contribution in [0.3, 0.4) is 0 Å². The molecular formula is C18H24N2O3. The highest BCUT2D eigenvalue weighted by Crippen LogP contribution is 2.23. The van der Waals surface area contributed by atoms with Gasteiger partial charge in [0.25, 0.3) is 5.56 Å². The molecule has 23 heavy (non-hydrogen) atoms. The van der Waals surface area contributed by atoms with Gasteiger partial charge in [0.1, 0.15) is 5.75 Å². The molecule has 0 spiro atoms. The van der Waals surface area contributed by atoms with Crippen LogP contribution in [0.1, 0.15) is 33.1 Å². The largest absolute Gasteiger partial charge is 0.493 e. The van der Waals surface area contributed by atoms with Gasteiger partial charge in [-0.25, -0.2) is 0 Å². The maximum atomic E-state index is 12.0. The average Bonchev–Trinajstić information content (AvgIpc) is 2.55. The molecule has 1 N–H and O–H groups in total. The lowest BCUT2D eigenvalue weighted by Crippen LogP contribution is -2.31. The molecule has 0 radical (unpaired) electrons. The average molecular weight is 316 g/mol. The van der Waals surface area contributed by atoms with Crippen LogP contribution in [0, 0.1) is 0 Å². The summed E-state index contributed by atoms with van der Waals surface area (Å²) in [6, 6.07) is 9.33. The zero-order chi connectivity index (χ0) is 16.8. The van der Waals surface area contributed by atoms with Crippen molar-refractivity contribution in [2.75, 3.05) is 6.61 Å². The number of hydrogen-bond acceptors (Lipinski definition) is 3. The van der Waals surface area contributed by atoms with Crippen LogP contribution >= 0.6 is 0 Å². The quantitative estimate of drug-likeness (QED) is 0.799. The van der Waals surface area contributed by atoms with Crippen molar-refractivity contribution < 1.29 is 9.53 Å². The highest BCUT2D eigenvalue weighted by molar-refractivity contribution is 5.85. The number of hydrogen-bond donors (Lipinski definition) is 1. The number of pyridine rings is 1. The van der Waals surface area contributed by atoms with Crippen molar-refractivity contribution in [1.82, 2.24) is 9.88 Å². The van der Waals surface area contributed by atoms with Gasteiger partial charge >= 0.3 is 0 Å². The van der Waals surface area contributed by atoms with E-state index in [0.717, 1.165) is 17.3 Å². The second-order valence-corrected chi connectivity index (χ2v) is 5.75. The molecule has 0 fully saturated rings. The monoisotopic (exact) mass is 316 g/mol. The topological polar surface area (TPSA) is 60.3 Å². The van der Waals surface area contributed by atoms with Crippen LogP contribution in [0.4, 0.5) is 0 Å². The minimum atomic E-state index is -0.104. The smallest absolute Gasteiger partial charge is 0.254 e. The van der Waals surface area contributed by atoms with E-state index in [9.17, 15) is 9.59 Å². The van der Waals surface area contributed by atoms with Crippen molar-refractivity contribution in [3.05, 3.63) is 40.7 Å². The van der Waals surface area contributed by atoms with Crippen LogP contribution in [0.15, 0.2) is 35.1 Å². The van der Waals surface area contributed by atoms with Crippen LogP contribution in [0.5, 0.6) is 5.75 Å². The number of fused-ring (bicyclic) bond motifs is 1. The molecule has 0 saturated carbocycles. The van der Waals surface area contributed by atoms with Crippen LogP contribution in [0.25, 0.3) is 10.9 Å². The van der Waals surface area contributed by atoms with Gasteiger partial charge in [-0.15, -0.1) is 0 Å². The summed E-state index contributed by atoms with van der Waals surface area (Å²) in [5.41, 5.74) is 0.734. The van der Waals surface area contributed by atoms with Crippen LogP contribution in [-0.2, 0) is 11.8 Å². The molecule has 0 aliphatic heterocycles. The molecule has 1 aromatic heterocycles. The predicted molar refractivity (Wildman–Crippen MR) is 91.8 cm³/mol. The van der Waals surface area contributed by atoms with Crippen molar-refractivity contribution in [1.29, 1.82) is 0 Å². The molecule has 2 aromatic rings. The summed E-state index contributed by atoms with van der Waals surface area (Å²) in [5, 5.41) is 3.83. The van der Waals surface area contributed by atoms with E-state index in [4.69, 9.17) is 4.74 Å². The molecule has 1 aromatic carbocycles. The Bertz CT molecular complexity index is 737. The lowest BCUT2D eigenvalue weighted by molar-refractivity contribution is -0.121. The summed E-state index contributed by atoms with van der Waals surface area (Å²) >= 11 is 0. The third-order valence-corrected chi connectivity index (χ3v) is 3.94. The zero-order valence-corrected chi connectivity index (χ0v) is 14.0. The number of para-hydroxylation sites is 1. The molecule has 124 valence electrons. The van der Waals surface area contributed by atoms with E-state index < -0.39 is 0 Å². The number of nitrogens with zero attached hydrogens (tertiary/aromatic N) is 1. The number of benzene rings is 1.